The van der Waals surface area contributed by atoms with Gasteiger partial charge < -0.3 is 5.32 Å². The molecular weight excluding hydrogens is 248 g/mol. The summed E-state index contributed by atoms with van der Waals surface area (Å²) in [5.41, 5.74) is 0.301. The third kappa shape index (κ3) is 4.79. The van der Waals surface area contributed by atoms with Gasteiger partial charge in [-0.05, 0) is 24.2 Å². The Labute approximate surface area is 99.8 Å². The van der Waals surface area contributed by atoms with E-state index in [1.165, 1.54) is 0 Å². The molecule has 1 aromatic carbocycles. The SMILES string of the molecule is CCNC(CS(C)(=O)=O)c1cc(F)cc(F)c1. The summed E-state index contributed by atoms with van der Waals surface area (Å²) in [7, 11) is -3.23. The number of rotatable bonds is 5. The molecule has 0 aliphatic carbocycles. The van der Waals surface area contributed by atoms with Crippen LogP contribution in [0, 0.1) is 11.6 Å². The molecule has 0 saturated carbocycles. The number of hydrogen-bond donors (Lipinski definition) is 1. The lowest BCUT2D eigenvalue weighted by Gasteiger charge is -2.17. The van der Waals surface area contributed by atoms with Crippen molar-refractivity contribution in [3.63, 3.8) is 0 Å². The Morgan fingerprint density at radius 1 is 1.24 bits per heavy atom. The largest absolute Gasteiger partial charge is 0.309 e. The lowest BCUT2D eigenvalue weighted by atomic mass is 10.1. The normalized spacial score (nSPS) is 13.6. The van der Waals surface area contributed by atoms with E-state index in [-0.39, 0.29) is 5.75 Å². The van der Waals surface area contributed by atoms with E-state index in [2.05, 4.69) is 5.32 Å². The summed E-state index contributed by atoms with van der Waals surface area (Å²) in [5, 5.41) is 2.90. The first-order valence-electron chi connectivity index (χ1n) is 5.19. The minimum absolute atomic E-state index is 0.191. The molecule has 17 heavy (non-hydrogen) atoms. The predicted octanol–water partition coefficient (Wildman–Crippen LogP) is 1.66. The second kappa shape index (κ2) is 5.55. The number of sulfone groups is 1. The zero-order chi connectivity index (χ0) is 13.1. The van der Waals surface area contributed by atoms with Crippen LogP contribution in [0.4, 0.5) is 8.78 Å². The average Bonchev–Trinajstić information content (AvgIpc) is 2.13. The maximum Gasteiger partial charge on any atom is 0.149 e. The van der Waals surface area contributed by atoms with Gasteiger partial charge in [-0.15, -0.1) is 0 Å². The van der Waals surface area contributed by atoms with Crippen molar-refractivity contribution in [2.75, 3.05) is 18.6 Å². The van der Waals surface area contributed by atoms with Gasteiger partial charge in [0.1, 0.15) is 21.5 Å². The van der Waals surface area contributed by atoms with Gasteiger partial charge in [-0.3, -0.25) is 0 Å². The van der Waals surface area contributed by atoms with Crippen LogP contribution in [0.2, 0.25) is 0 Å². The van der Waals surface area contributed by atoms with Crippen molar-refractivity contribution >= 4 is 9.84 Å². The van der Waals surface area contributed by atoms with Crippen LogP contribution >= 0.6 is 0 Å². The first kappa shape index (κ1) is 14.1. The second-order valence-corrected chi connectivity index (χ2v) is 6.09. The van der Waals surface area contributed by atoms with Gasteiger partial charge in [-0.2, -0.15) is 0 Å². The van der Waals surface area contributed by atoms with E-state index in [0.29, 0.717) is 12.1 Å². The van der Waals surface area contributed by atoms with Gasteiger partial charge in [0.2, 0.25) is 0 Å². The summed E-state index contributed by atoms with van der Waals surface area (Å²) in [4.78, 5) is 0. The monoisotopic (exact) mass is 263 g/mol. The van der Waals surface area contributed by atoms with Gasteiger partial charge in [0.05, 0.1) is 5.75 Å². The van der Waals surface area contributed by atoms with Gasteiger partial charge in [0.25, 0.3) is 0 Å². The van der Waals surface area contributed by atoms with Crippen molar-refractivity contribution < 1.29 is 17.2 Å². The Balaban J connectivity index is 3.04. The first-order chi connectivity index (χ1) is 7.81. The highest BCUT2D eigenvalue weighted by molar-refractivity contribution is 7.90. The third-order valence-corrected chi connectivity index (χ3v) is 3.15. The maximum absolute atomic E-state index is 13.0. The van der Waals surface area contributed by atoms with Crippen LogP contribution in [0.1, 0.15) is 18.5 Å². The standard InChI is InChI=1S/C11H15F2NO2S/c1-3-14-11(7-17(2,15)16)8-4-9(12)6-10(13)5-8/h4-6,11,14H,3,7H2,1-2H3. The summed E-state index contributed by atoms with van der Waals surface area (Å²) in [6.45, 7) is 2.31. The Morgan fingerprint density at radius 3 is 2.18 bits per heavy atom. The molecule has 96 valence electrons. The summed E-state index contributed by atoms with van der Waals surface area (Å²) < 4.78 is 48.6. The number of benzene rings is 1. The minimum Gasteiger partial charge on any atom is -0.309 e. The summed E-state index contributed by atoms with van der Waals surface area (Å²) >= 11 is 0. The molecule has 1 rings (SSSR count). The van der Waals surface area contributed by atoms with Crippen LogP contribution in [0.5, 0.6) is 0 Å². The molecule has 0 fully saturated rings. The van der Waals surface area contributed by atoms with Crippen LogP contribution < -0.4 is 5.32 Å². The van der Waals surface area contributed by atoms with Crippen molar-refractivity contribution in [1.29, 1.82) is 0 Å². The minimum atomic E-state index is -3.23. The molecular formula is C11H15F2NO2S. The fraction of sp³-hybridized carbons (Fsp3) is 0.455. The summed E-state index contributed by atoms with van der Waals surface area (Å²) in [6, 6.07) is 2.44. The molecule has 0 saturated heterocycles. The predicted molar refractivity (Wildman–Crippen MR) is 62.5 cm³/mol. The molecule has 0 bridgehead atoms. The molecule has 0 aromatic heterocycles. The summed E-state index contributed by atoms with van der Waals surface area (Å²) in [6.07, 6.45) is 1.09. The molecule has 3 nitrogen and oxygen atoms in total. The van der Waals surface area contributed by atoms with Gasteiger partial charge in [0.15, 0.2) is 0 Å². The fourth-order valence-corrected chi connectivity index (χ4v) is 2.51. The van der Waals surface area contributed by atoms with Crippen LogP contribution in [0.25, 0.3) is 0 Å². The lowest BCUT2D eigenvalue weighted by Crippen LogP contribution is -2.27. The van der Waals surface area contributed by atoms with Crippen LogP contribution in [-0.4, -0.2) is 27.0 Å². The molecule has 1 N–H and O–H groups in total. The Bertz CT molecular complexity index is 468. The van der Waals surface area contributed by atoms with Crippen molar-refractivity contribution in [1.82, 2.24) is 5.32 Å². The Hall–Kier alpha value is -1.01. The molecule has 1 atom stereocenters. The highest BCUT2D eigenvalue weighted by Crippen LogP contribution is 2.18. The first-order valence-corrected chi connectivity index (χ1v) is 7.25. The van der Waals surface area contributed by atoms with E-state index in [1.807, 2.05) is 0 Å². The second-order valence-electron chi connectivity index (χ2n) is 3.91. The maximum atomic E-state index is 13.0. The summed E-state index contributed by atoms with van der Waals surface area (Å²) in [5.74, 6) is -1.61. The average molecular weight is 263 g/mol. The molecule has 0 heterocycles. The molecule has 0 spiro atoms. The van der Waals surface area contributed by atoms with E-state index in [9.17, 15) is 17.2 Å². The quantitative estimate of drug-likeness (QED) is 0.879. The van der Waals surface area contributed by atoms with E-state index < -0.39 is 27.5 Å². The number of nitrogens with one attached hydrogen (secondary N) is 1. The smallest absolute Gasteiger partial charge is 0.149 e. The molecule has 1 unspecified atom stereocenters. The van der Waals surface area contributed by atoms with Gasteiger partial charge in [-0.1, -0.05) is 6.92 Å². The molecule has 0 amide bonds. The van der Waals surface area contributed by atoms with E-state index >= 15 is 0 Å². The van der Waals surface area contributed by atoms with Crippen LogP contribution in [0.15, 0.2) is 18.2 Å². The van der Waals surface area contributed by atoms with Gasteiger partial charge in [0, 0.05) is 18.4 Å². The zero-order valence-electron chi connectivity index (χ0n) is 9.70. The highest BCUT2D eigenvalue weighted by atomic mass is 32.2. The molecule has 1 aromatic rings. The number of hydrogen-bond acceptors (Lipinski definition) is 3. The highest BCUT2D eigenvalue weighted by Gasteiger charge is 2.17. The van der Waals surface area contributed by atoms with Crippen molar-refractivity contribution in [3.05, 3.63) is 35.4 Å². The molecule has 6 heteroatoms. The van der Waals surface area contributed by atoms with Crippen LogP contribution in [-0.2, 0) is 9.84 Å². The van der Waals surface area contributed by atoms with Crippen LogP contribution in [0.3, 0.4) is 0 Å². The van der Waals surface area contributed by atoms with E-state index in [0.717, 1.165) is 24.5 Å². The number of halogens is 2. The zero-order valence-corrected chi connectivity index (χ0v) is 10.5. The Kier molecular flexibility index (Phi) is 4.59. The fourth-order valence-electron chi connectivity index (χ4n) is 1.60. The molecule has 0 aliphatic heterocycles. The lowest BCUT2D eigenvalue weighted by molar-refractivity contribution is 0.544. The molecule has 0 radical (unpaired) electrons. The van der Waals surface area contributed by atoms with Crippen molar-refractivity contribution in [2.45, 2.75) is 13.0 Å². The van der Waals surface area contributed by atoms with E-state index in [4.69, 9.17) is 0 Å². The van der Waals surface area contributed by atoms with Crippen molar-refractivity contribution in [3.8, 4) is 0 Å². The van der Waals surface area contributed by atoms with Gasteiger partial charge in [-0.25, -0.2) is 17.2 Å². The third-order valence-electron chi connectivity index (χ3n) is 2.21. The molecule has 0 aliphatic rings. The Morgan fingerprint density at radius 2 is 1.76 bits per heavy atom. The van der Waals surface area contributed by atoms with E-state index in [1.54, 1.807) is 6.92 Å². The van der Waals surface area contributed by atoms with Gasteiger partial charge >= 0.3 is 0 Å². The van der Waals surface area contributed by atoms with Crippen molar-refractivity contribution in [2.24, 2.45) is 0 Å². The topological polar surface area (TPSA) is 46.2 Å².